The van der Waals surface area contributed by atoms with Crippen LogP contribution in [0.25, 0.3) is 11.4 Å². The number of halogens is 2. The molecular weight excluding hydrogens is 383 g/mol. The summed E-state index contributed by atoms with van der Waals surface area (Å²) in [6.07, 6.45) is 1.92. The highest BCUT2D eigenvalue weighted by atomic mass is 35.5. The van der Waals surface area contributed by atoms with E-state index in [2.05, 4.69) is 21.0 Å². The lowest BCUT2D eigenvalue weighted by atomic mass is 10.2. The molecule has 0 aliphatic carbocycles. The van der Waals surface area contributed by atoms with Crippen molar-refractivity contribution in [3.63, 3.8) is 0 Å². The number of nitrogens with zero attached hydrogens (tertiary/aromatic N) is 2. The van der Waals surface area contributed by atoms with Gasteiger partial charge in [0.25, 0.3) is 5.91 Å². The van der Waals surface area contributed by atoms with Gasteiger partial charge < -0.3 is 4.52 Å². The third-order valence-electron chi connectivity index (χ3n) is 3.23. The summed E-state index contributed by atoms with van der Waals surface area (Å²) in [6.45, 7) is 0. The minimum absolute atomic E-state index is 0.0513. The minimum Gasteiger partial charge on any atom is -0.313 e. The second kappa shape index (κ2) is 7.77. The van der Waals surface area contributed by atoms with E-state index in [0.717, 1.165) is 10.5 Å². The topological polar surface area (TPSA) is 80.0 Å². The minimum atomic E-state index is -0.410. The van der Waals surface area contributed by atoms with Crippen molar-refractivity contribution in [2.75, 3.05) is 11.7 Å². The van der Waals surface area contributed by atoms with Crippen molar-refractivity contribution in [3.05, 3.63) is 58.1 Å². The molecule has 1 aromatic heterocycles. The molecular formula is C16H12Cl2N4O2S. The SMILES string of the molecule is CSc1ccc(Cl)c(C(=O)NNc2nc(-c3ccc(Cl)cc3)no2)c1. The Morgan fingerprint density at radius 2 is 1.92 bits per heavy atom. The average molecular weight is 395 g/mol. The number of carbonyl (C=O) groups is 1. The van der Waals surface area contributed by atoms with Crippen molar-refractivity contribution in [1.82, 2.24) is 15.6 Å². The summed E-state index contributed by atoms with van der Waals surface area (Å²) in [5.74, 6) is -0.0389. The fraction of sp³-hybridized carbons (Fsp3) is 0.0625. The summed E-state index contributed by atoms with van der Waals surface area (Å²) >= 11 is 13.4. The zero-order valence-electron chi connectivity index (χ0n) is 12.9. The average Bonchev–Trinajstić information content (AvgIpc) is 3.09. The smallest absolute Gasteiger partial charge is 0.313 e. The van der Waals surface area contributed by atoms with Gasteiger partial charge in [0.15, 0.2) is 0 Å². The van der Waals surface area contributed by atoms with E-state index in [1.165, 1.54) is 11.8 Å². The molecule has 0 spiro atoms. The summed E-state index contributed by atoms with van der Waals surface area (Å²) in [7, 11) is 0. The van der Waals surface area contributed by atoms with E-state index in [-0.39, 0.29) is 6.01 Å². The number of carbonyl (C=O) groups excluding carboxylic acids is 1. The van der Waals surface area contributed by atoms with Gasteiger partial charge in [-0.1, -0.05) is 28.4 Å². The summed E-state index contributed by atoms with van der Waals surface area (Å²) in [5.41, 5.74) is 6.14. The van der Waals surface area contributed by atoms with Gasteiger partial charge in [-0.25, -0.2) is 5.43 Å². The molecule has 0 fully saturated rings. The largest absolute Gasteiger partial charge is 0.340 e. The van der Waals surface area contributed by atoms with Crippen molar-refractivity contribution in [2.45, 2.75) is 4.90 Å². The first kappa shape index (κ1) is 17.6. The zero-order valence-corrected chi connectivity index (χ0v) is 15.2. The Kier molecular flexibility index (Phi) is 5.47. The fourth-order valence-electron chi connectivity index (χ4n) is 1.97. The second-order valence-electron chi connectivity index (χ2n) is 4.85. The van der Waals surface area contributed by atoms with E-state index in [4.69, 9.17) is 27.7 Å². The number of rotatable bonds is 5. The molecule has 0 unspecified atom stereocenters. The molecule has 2 N–H and O–H groups in total. The molecule has 0 saturated heterocycles. The van der Waals surface area contributed by atoms with Gasteiger partial charge in [-0.3, -0.25) is 10.2 Å². The van der Waals surface area contributed by atoms with Crippen molar-refractivity contribution in [1.29, 1.82) is 0 Å². The Bertz CT molecular complexity index is 899. The molecule has 6 nitrogen and oxygen atoms in total. The number of thioether (sulfide) groups is 1. The summed E-state index contributed by atoms with van der Waals surface area (Å²) < 4.78 is 5.05. The number of amides is 1. The molecule has 0 atom stereocenters. The zero-order chi connectivity index (χ0) is 17.8. The van der Waals surface area contributed by atoms with Gasteiger partial charge >= 0.3 is 6.01 Å². The summed E-state index contributed by atoms with van der Waals surface area (Å²) in [5, 5.41) is 4.80. The maximum atomic E-state index is 12.2. The molecule has 9 heteroatoms. The molecule has 128 valence electrons. The fourth-order valence-corrected chi connectivity index (χ4v) is 2.74. The van der Waals surface area contributed by atoms with Crippen LogP contribution in [0, 0.1) is 0 Å². The Balaban J connectivity index is 1.68. The molecule has 0 saturated carbocycles. The van der Waals surface area contributed by atoms with Crippen molar-refractivity contribution in [3.8, 4) is 11.4 Å². The third-order valence-corrected chi connectivity index (χ3v) is 4.54. The number of anilines is 1. The molecule has 0 radical (unpaired) electrons. The number of hydrogen-bond donors (Lipinski definition) is 2. The molecule has 0 bridgehead atoms. The Morgan fingerprint density at radius 3 is 2.64 bits per heavy atom. The number of nitrogens with one attached hydrogen (secondary N) is 2. The highest BCUT2D eigenvalue weighted by molar-refractivity contribution is 7.98. The first-order valence-corrected chi connectivity index (χ1v) is 9.04. The number of hydrogen-bond acceptors (Lipinski definition) is 6. The lowest BCUT2D eigenvalue weighted by Crippen LogP contribution is -2.29. The molecule has 3 rings (SSSR count). The van der Waals surface area contributed by atoms with E-state index in [1.54, 1.807) is 36.4 Å². The van der Waals surface area contributed by atoms with Crippen molar-refractivity contribution >= 4 is 46.9 Å². The van der Waals surface area contributed by atoms with Gasteiger partial charge in [-0.15, -0.1) is 11.8 Å². The van der Waals surface area contributed by atoms with Gasteiger partial charge in [0.05, 0.1) is 10.6 Å². The number of benzene rings is 2. The van der Waals surface area contributed by atoms with Crippen LogP contribution in [0.15, 0.2) is 51.9 Å². The molecule has 0 aliphatic heterocycles. The van der Waals surface area contributed by atoms with Crippen molar-refractivity contribution < 1.29 is 9.32 Å². The molecule has 25 heavy (non-hydrogen) atoms. The highest BCUT2D eigenvalue weighted by Gasteiger charge is 2.13. The lowest BCUT2D eigenvalue weighted by molar-refractivity contribution is 0.0961. The van der Waals surface area contributed by atoms with E-state index in [1.807, 2.05) is 12.3 Å². The van der Waals surface area contributed by atoms with Crippen LogP contribution < -0.4 is 10.9 Å². The van der Waals surface area contributed by atoms with Gasteiger partial charge in [-0.2, -0.15) is 4.98 Å². The van der Waals surface area contributed by atoms with Crippen LogP contribution in [-0.4, -0.2) is 22.3 Å². The highest BCUT2D eigenvalue weighted by Crippen LogP contribution is 2.23. The predicted octanol–water partition coefficient (Wildman–Crippen LogP) is 4.52. The Morgan fingerprint density at radius 1 is 1.16 bits per heavy atom. The monoisotopic (exact) mass is 394 g/mol. The van der Waals surface area contributed by atoms with E-state index < -0.39 is 5.91 Å². The maximum absolute atomic E-state index is 12.2. The van der Waals surface area contributed by atoms with Gasteiger partial charge in [-0.05, 0) is 48.7 Å². The first-order valence-electron chi connectivity index (χ1n) is 7.06. The van der Waals surface area contributed by atoms with Gasteiger partial charge in [0, 0.05) is 15.5 Å². The first-order chi connectivity index (χ1) is 12.1. The van der Waals surface area contributed by atoms with Crippen LogP contribution in [-0.2, 0) is 0 Å². The van der Waals surface area contributed by atoms with E-state index >= 15 is 0 Å². The molecule has 2 aromatic carbocycles. The molecule has 1 heterocycles. The van der Waals surface area contributed by atoms with Crippen LogP contribution in [0.5, 0.6) is 0 Å². The van der Waals surface area contributed by atoms with E-state index in [9.17, 15) is 4.79 Å². The summed E-state index contributed by atoms with van der Waals surface area (Å²) in [4.78, 5) is 17.3. The van der Waals surface area contributed by atoms with Crippen molar-refractivity contribution in [2.24, 2.45) is 0 Å². The predicted molar refractivity (Wildman–Crippen MR) is 99.1 cm³/mol. The maximum Gasteiger partial charge on any atom is 0.340 e. The lowest BCUT2D eigenvalue weighted by Gasteiger charge is -2.07. The van der Waals surface area contributed by atoms with Gasteiger partial charge in [0.1, 0.15) is 0 Å². The molecule has 3 aromatic rings. The van der Waals surface area contributed by atoms with Crippen LogP contribution in [0.1, 0.15) is 10.4 Å². The Labute approximate surface area is 157 Å². The van der Waals surface area contributed by atoms with Crippen LogP contribution >= 0.6 is 35.0 Å². The summed E-state index contributed by atoms with van der Waals surface area (Å²) in [6, 6.07) is 12.3. The molecule has 0 aliphatic rings. The quantitative estimate of drug-likeness (QED) is 0.488. The van der Waals surface area contributed by atoms with Gasteiger partial charge in [0.2, 0.25) is 5.82 Å². The van der Waals surface area contributed by atoms with Crippen LogP contribution in [0.3, 0.4) is 0 Å². The number of aromatic nitrogens is 2. The standard InChI is InChI=1S/C16H12Cl2N4O2S/c1-25-11-6-7-13(18)12(8-11)15(23)20-21-16-19-14(22-24-16)9-2-4-10(17)5-3-9/h2-8H,1H3,(H,20,23)(H,19,21,22). The van der Waals surface area contributed by atoms with E-state index in [0.29, 0.717) is 21.4 Å². The number of hydrazine groups is 1. The molecule has 1 amide bonds. The Hall–Kier alpha value is -2.22. The third kappa shape index (κ3) is 4.25. The van der Waals surface area contributed by atoms with Crippen LogP contribution in [0.4, 0.5) is 6.01 Å². The normalized spacial score (nSPS) is 10.5. The van der Waals surface area contributed by atoms with Crippen LogP contribution in [0.2, 0.25) is 10.0 Å². The second-order valence-corrected chi connectivity index (χ2v) is 6.58.